The molecule has 0 aromatic carbocycles. The number of amides is 1. The highest BCUT2D eigenvalue weighted by Gasteiger charge is 2.56. The van der Waals surface area contributed by atoms with Crippen LogP contribution >= 0.6 is 0 Å². The van der Waals surface area contributed by atoms with Gasteiger partial charge in [-0.1, -0.05) is 32.9 Å². The van der Waals surface area contributed by atoms with E-state index in [1.807, 2.05) is 27.7 Å². The SMILES string of the molecule is C=C1C[C@](OC)([C@H](O)C(=O)N[C@@H]2OCO[C@H]3[C@@H]2O[C@H](/C=C\OC)C(C)(C)[C@@H]3OC)O[C@H](C)[C@@H]1C. The van der Waals surface area contributed by atoms with Crippen molar-refractivity contribution in [1.29, 1.82) is 0 Å². The van der Waals surface area contributed by atoms with Crippen molar-refractivity contribution in [2.45, 2.75) is 82.8 Å². The molecule has 0 aliphatic carbocycles. The number of ether oxygens (including phenoxy) is 7. The Labute approximate surface area is 201 Å². The second-order valence-electron chi connectivity index (χ2n) is 9.77. The van der Waals surface area contributed by atoms with E-state index in [1.165, 1.54) is 7.11 Å². The third kappa shape index (κ3) is 4.90. The van der Waals surface area contributed by atoms with E-state index in [9.17, 15) is 9.90 Å². The van der Waals surface area contributed by atoms with Crippen molar-refractivity contribution < 1.29 is 43.1 Å². The van der Waals surface area contributed by atoms with E-state index in [0.717, 1.165) is 5.57 Å². The highest BCUT2D eigenvalue weighted by atomic mass is 16.7. The molecule has 0 bridgehead atoms. The lowest BCUT2D eigenvalue weighted by atomic mass is 9.74. The van der Waals surface area contributed by atoms with Crippen LogP contribution in [0.3, 0.4) is 0 Å². The van der Waals surface area contributed by atoms with Crippen molar-refractivity contribution in [3.63, 3.8) is 0 Å². The van der Waals surface area contributed by atoms with Gasteiger partial charge in [-0.3, -0.25) is 4.79 Å². The molecule has 3 heterocycles. The standard InChI is InChI=1S/C24H39NO9/c1-13-11-24(30-8,34-15(3)14(13)2)19(26)21(27)25-22-18-17(31-12-32-22)20(29-7)23(4,5)16(33-18)9-10-28-6/h9-10,14-20,22,26H,1,11-12H2,2-8H3,(H,25,27)/b10-9-/t14-,15-,16-,17+,18+,19-,20-,22-,24-/m1/s1. The highest BCUT2D eigenvalue weighted by Crippen LogP contribution is 2.43. The molecule has 0 unspecified atom stereocenters. The van der Waals surface area contributed by atoms with E-state index >= 15 is 0 Å². The number of hydrogen-bond acceptors (Lipinski definition) is 9. The summed E-state index contributed by atoms with van der Waals surface area (Å²) < 4.78 is 40.2. The first-order chi connectivity index (χ1) is 16.0. The second-order valence-corrected chi connectivity index (χ2v) is 9.77. The zero-order valence-corrected chi connectivity index (χ0v) is 21.1. The Kier molecular flexibility index (Phi) is 8.45. The summed E-state index contributed by atoms with van der Waals surface area (Å²) in [4.78, 5) is 13.2. The van der Waals surface area contributed by atoms with Crippen LogP contribution < -0.4 is 5.32 Å². The van der Waals surface area contributed by atoms with Gasteiger partial charge in [0, 0.05) is 32.0 Å². The largest absolute Gasteiger partial charge is 0.505 e. The average Bonchev–Trinajstić information content (AvgIpc) is 2.80. The molecule has 0 radical (unpaired) electrons. The van der Waals surface area contributed by atoms with E-state index in [-0.39, 0.29) is 31.3 Å². The van der Waals surface area contributed by atoms with E-state index in [4.69, 9.17) is 33.2 Å². The number of fused-ring (bicyclic) bond motifs is 1. The van der Waals surface area contributed by atoms with Gasteiger partial charge in [-0.05, 0) is 13.0 Å². The van der Waals surface area contributed by atoms with Gasteiger partial charge in [-0.15, -0.1) is 0 Å². The highest BCUT2D eigenvalue weighted by molar-refractivity contribution is 5.82. The van der Waals surface area contributed by atoms with Crippen LogP contribution in [0, 0.1) is 11.3 Å². The van der Waals surface area contributed by atoms with E-state index < -0.39 is 47.8 Å². The number of aliphatic hydroxyl groups excluding tert-OH is 1. The Morgan fingerprint density at radius 2 is 1.94 bits per heavy atom. The lowest BCUT2D eigenvalue weighted by Crippen LogP contribution is -2.69. The molecule has 3 fully saturated rings. The molecule has 3 aliphatic rings. The van der Waals surface area contributed by atoms with E-state index in [2.05, 4.69) is 11.9 Å². The molecule has 0 aromatic heterocycles. The number of aliphatic hydroxyl groups is 1. The van der Waals surface area contributed by atoms with E-state index in [0.29, 0.717) is 0 Å². The Morgan fingerprint density at radius 3 is 2.53 bits per heavy atom. The van der Waals surface area contributed by atoms with Crippen molar-refractivity contribution in [3.8, 4) is 0 Å². The molecule has 2 N–H and O–H groups in total. The fraction of sp³-hybridized carbons (Fsp3) is 0.792. The van der Waals surface area contributed by atoms with Crippen molar-refractivity contribution >= 4 is 5.91 Å². The topological polar surface area (TPSA) is 114 Å². The van der Waals surface area contributed by atoms with Crippen LogP contribution in [0.1, 0.15) is 34.1 Å². The Hall–Kier alpha value is -1.53. The molecule has 1 amide bonds. The number of carbonyl (C=O) groups is 1. The quantitative estimate of drug-likeness (QED) is 0.409. The Morgan fingerprint density at radius 1 is 1.24 bits per heavy atom. The molecule has 0 aromatic rings. The first-order valence-electron chi connectivity index (χ1n) is 11.5. The summed E-state index contributed by atoms with van der Waals surface area (Å²) >= 11 is 0. The van der Waals surface area contributed by atoms with Crippen molar-refractivity contribution in [2.24, 2.45) is 11.3 Å². The van der Waals surface area contributed by atoms with Gasteiger partial charge >= 0.3 is 0 Å². The smallest absolute Gasteiger partial charge is 0.256 e. The van der Waals surface area contributed by atoms with Crippen molar-refractivity contribution in [1.82, 2.24) is 5.32 Å². The molecule has 10 heteroatoms. The predicted octanol–water partition coefficient (Wildman–Crippen LogP) is 1.48. The lowest BCUT2D eigenvalue weighted by Gasteiger charge is -2.53. The zero-order chi connectivity index (χ0) is 25.3. The normalized spacial score (nSPS) is 41.1. The molecular weight excluding hydrogens is 446 g/mol. The summed E-state index contributed by atoms with van der Waals surface area (Å²) in [6.07, 6.45) is -1.28. The lowest BCUT2D eigenvalue weighted by molar-refractivity contribution is -0.324. The number of hydrogen-bond donors (Lipinski definition) is 2. The summed E-state index contributed by atoms with van der Waals surface area (Å²) in [5.41, 5.74) is 0.378. The first kappa shape index (κ1) is 27.1. The fourth-order valence-electron chi connectivity index (χ4n) is 4.98. The second kappa shape index (κ2) is 10.6. The van der Waals surface area contributed by atoms with Crippen molar-refractivity contribution in [3.05, 3.63) is 24.5 Å². The molecule has 0 saturated carbocycles. The molecule has 10 nitrogen and oxygen atoms in total. The number of carbonyl (C=O) groups excluding carboxylic acids is 1. The maximum Gasteiger partial charge on any atom is 0.256 e. The maximum atomic E-state index is 13.2. The van der Waals surface area contributed by atoms with Crippen LogP contribution in [0.25, 0.3) is 0 Å². The average molecular weight is 486 g/mol. The van der Waals surface area contributed by atoms with Gasteiger partial charge in [-0.25, -0.2) is 0 Å². The van der Waals surface area contributed by atoms with Gasteiger partial charge in [0.2, 0.25) is 5.79 Å². The summed E-state index contributed by atoms with van der Waals surface area (Å²) in [7, 11) is 4.56. The third-order valence-electron chi connectivity index (χ3n) is 7.34. The van der Waals surface area contributed by atoms with Crippen molar-refractivity contribution in [2.75, 3.05) is 28.1 Å². The summed E-state index contributed by atoms with van der Waals surface area (Å²) in [6.45, 7) is 11.9. The van der Waals surface area contributed by atoms with Gasteiger partial charge in [-0.2, -0.15) is 0 Å². The van der Waals surface area contributed by atoms with Gasteiger partial charge in [0.15, 0.2) is 12.3 Å². The predicted molar refractivity (Wildman–Crippen MR) is 121 cm³/mol. The Bertz CT molecular complexity index is 772. The minimum atomic E-state index is -1.63. The number of methoxy groups -OCH3 is 3. The summed E-state index contributed by atoms with van der Waals surface area (Å²) in [5.74, 6) is -2.19. The number of rotatable bonds is 7. The van der Waals surface area contributed by atoms with Crippen LogP contribution in [0.4, 0.5) is 0 Å². The minimum Gasteiger partial charge on any atom is -0.505 e. The molecule has 34 heavy (non-hydrogen) atoms. The summed E-state index contributed by atoms with van der Waals surface area (Å²) in [6, 6.07) is 0. The van der Waals surface area contributed by atoms with Crippen LogP contribution in [-0.2, 0) is 38.0 Å². The number of nitrogens with one attached hydrogen (secondary N) is 1. The third-order valence-corrected chi connectivity index (χ3v) is 7.34. The maximum absolute atomic E-state index is 13.2. The molecule has 9 atom stereocenters. The van der Waals surface area contributed by atoms with Gasteiger partial charge in [0.05, 0.1) is 31.7 Å². The van der Waals surface area contributed by atoms with Crippen LogP contribution in [0.15, 0.2) is 24.5 Å². The van der Waals surface area contributed by atoms with Crippen LogP contribution in [0.2, 0.25) is 0 Å². The Balaban J connectivity index is 1.80. The van der Waals surface area contributed by atoms with Gasteiger partial charge < -0.3 is 43.6 Å². The van der Waals surface area contributed by atoms with E-state index in [1.54, 1.807) is 26.6 Å². The molecular formula is C24H39NO9. The molecule has 194 valence electrons. The van der Waals surface area contributed by atoms with Crippen LogP contribution in [0.5, 0.6) is 0 Å². The molecule has 3 rings (SSSR count). The fourth-order valence-corrected chi connectivity index (χ4v) is 4.98. The van der Waals surface area contributed by atoms with Gasteiger partial charge in [0.25, 0.3) is 5.91 Å². The van der Waals surface area contributed by atoms with Crippen LogP contribution in [-0.4, -0.2) is 87.8 Å². The molecule has 0 spiro atoms. The van der Waals surface area contributed by atoms with Gasteiger partial charge in [0.1, 0.15) is 19.0 Å². The zero-order valence-electron chi connectivity index (χ0n) is 21.1. The summed E-state index contributed by atoms with van der Waals surface area (Å²) in [5, 5.41) is 13.8. The minimum absolute atomic E-state index is 0.0696. The monoisotopic (exact) mass is 485 g/mol. The molecule has 3 aliphatic heterocycles. The molecule has 3 saturated heterocycles. The first-order valence-corrected chi connectivity index (χ1v) is 11.5.